The van der Waals surface area contributed by atoms with Crippen LogP contribution in [0.25, 0.3) is 0 Å². The maximum absolute atomic E-state index is 13.3. The normalized spacial score (nSPS) is 17.1. The quantitative estimate of drug-likeness (QED) is 0.584. The number of carbonyl (C=O) groups excluding carboxylic acids is 1. The lowest BCUT2D eigenvalue weighted by atomic mass is 10.2. The van der Waals surface area contributed by atoms with Gasteiger partial charge in [-0.25, -0.2) is 18.1 Å². The summed E-state index contributed by atoms with van der Waals surface area (Å²) in [4.78, 5) is 28.8. The maximum Gasteiger partial charge on any atom is 0.297 e. The third-order valence-corrected chi connectivity index (χ3v) is 6.33. The summed E-state index contributed by atoms with van der Waals surface area (Å²) in [7, 11) is -1.94. The van der Waals surface area contributed by atoms with E-state index in [1.807, 2.05) is 0 Å². The molecule has 12 heteroatoms. The van der Waals surface area contributed by atoms with Gasteiger partial charge in [-0.2, -0.15) is 0 Å². The maximum atomic E-state index is 13.3. The molecule has 0 spiro atoms. The Morgan fingerprint density at radius 2 is 1.90 bits per heavy atom. The van der Waals surface area contributed by atoms with E-state index >= 15 is 0 Å². The Kier molecular flexibility index (Phi) is 5.78. The summed E-state index contributed by atoms with van der Waals surface area (Å²) in [6.07, 6.45) is 1.21. The molecule has 9 nitrogen and oxygen atoms in total. The second-order valence-electron chi connectivity index (χ2n) is 6.58. The number of nitrogens with one attached hydrogen (secondary N) is 1. The number of rotatable bonds is 4. The van der Waals surface area contributed by atoms with Crippen LogP contribution in [0.5, 0.6) is 5.75 Å². The Labute approximate surface area is 166 Å². The van der Waals surface area contributed by atoms with Gasteiger partial charge in [0.2, 0.25) is 11.7 Å². The van der Waals surface area contributed by atoms with E-state index in [1.54, 1.807) is 0 Å². The highest BCUT2D eigenvalue weighted by Gasteiger charge is 2.32. The first kappa shape index (κ1) is 21.0. The molecule has 2 aromatic rings. The third-order valence-electron chi connectivity index (χ3n) is 4.44. The van der Waals surface area contributed by atoms with Crippen molar-refractivity contribution in [2.24, 2.45) is 7.05 Å². The molecule has 0 radical (unpaired) electrons. The Balaban J connectivity index is 1.91. The number of anilines is 1. The van der Waals surface area contributed by atoms with Crippen LogP contribution >= 0.6 is 10.8 Å². The van der Waals surface area contributed by atoms with Crippen LogP contribution in [-0.2, 0) is 13.6 Å². The summed E-state index contributed by atoms with van der Waals surface area (Å²) in [5, 5.41) is 12.4. The number of carbonyl (C=O) groups is 1. The van der Waals surface area contributed by atoms with Gasteiger partial charge in [0.1, 0.15) is 11.6 Å². The molecule has 1 saturated heterocycles. The topological polar surface area (TPSA) is 128 Å². The van der Waals surface area contributed by atoms with Gasteiger partial charge in [-0.1, -0.05) is 0 Å². The Hall–Kier alpha value is -2.70. The Bertz CT molecular complexity index is 994. The van der Waals surface area contributed by atoms with Crippen LogP contribution in [0.2, 0.25) is 0 Å². The predicted molar refractivity (Wildman–Crippen MR) is 103 cm³/mol. The lowest BCUT2D eigenvalue weighted by molar-refractivity contribution is 0.0942. The van der Waals surface area contributed by atoms with Crippen molar-refractivity contribution in [3.63, 3.8) is 0 Å². The van der Waals surface area contributed by atoms with Crippen molar-refractivity contribution >= 4 is 22.6 Å². The molecule has 2 heterocycles. The van der Waals surface area contributed by atoms with Crippen molar-refractivity contribution in [1.82, 2.24) is 14.9 Å². The van der Waals surface area contributed by atoms with Crippen molar-refractivity contribution in [3.05, 3.63) is 51.4 Å². The van der Waals surface area contributed by atoms with E-state index < -0.39 is 45.3 Å². The van der Waals surface area contributed by atoms with Crippen molar-refractivity contribution in [2.45, 2.75) is 19.4 Å². The minimum atomic E-state index is -3.22. The van der Waals surface area contributed by atoms with E-state index in [4.69, 9.17) is 0 Å². The first-order valence-corrected chi connectivity index (χ1v) is 10.3. The number of aromatic hydroxyl groups is 1. The first-order chi connectivity index (χ1) is 13.6. The average Bonchev–Trinajstić information content (AvgIpc) is 2.64. The van der Waals surface area contributed by atoms with E-state index in [0.29, 0.717) is 18.9 Å². The summed E-state index contributed by atoms with van der Waals surface area (Å²) in [5.41, 5.74) is -1.44. The largest absolute Gasteiger partial charge is 0.501 e. The highest BCUT2D eigenvalue weighted by Crippen LogP contribution is 2.48. The van der Waals surface area contributed by atoms with Crippen LogP contribution in [0.4, 0.5) is 14.7 Å². The fourth-order valence-corrected chi connectivity index (χ4v) is 4.64. The molecular weight excluding hydrogens is 410 g/mol. The average molecular weight is 430 g/mol. The van der Waals surface area contributed by atoms with Gasteiger partial charge in [0.05, 0.1) is 5.75 Å². The molecule has 1 fully saturated rings. The number of nitrogens with zero attached hydrogens (tertiary/aromatic N) is 3. The zero-order valence-corrected chi connectivity index (χ0v) is 16.2. The summed E-state index contributed by atoms with van der Waals surface area (Å²) in [5.74, 6) is -3.60. The number of aromatic nitrogens is 2. The lowest BCUT2D eigenvalue weighted by Gasteiger charge is -2.46. The summed E-state index contributed by atoms with van der Waals surface area (Å²) in [6, 6.07) is 2.73. The van der Waals surface area contributed by atoms with Crippen molar-refractivity contribution in [2.75, 3.05) is 16.6 Å². The van der Waals surface area contributed by atoms with Gasteiger partial charge in [-0.3, -0.25) is 23.3 Å². The Morgan fingerprint density at radius 3 is 2.52 bits per heavy atom. The van der Waals surface area contributed by atoms with E-state index in [0.717, 1.165) is 21.0 Å². The zero-order valence-electron chi connectivity index (χ0n) is 15.4. The van der Waals surface area contributed by atoms with Crippen LogP contribution in [0.15, 0.2) is 23.0 Å². The Morgan fingerprint density at radius 1 is 1.24 bits per heavy atom. The highest BCUT2D eigenvalue weighted by atomic mass is 32.3. The van der Waals surface area contributed by atoms with Gasteiger partial charge in [-0.15, -0.1) is 10.8 Å². The second kappa shape index (κ2) is 7.97. The van der Waals surface area contributed by atoms with E-state index in [9.17, 15) is 32.6 Å². The minimum Gasteiger partial charge on any atom is -0.501 e. The number of amides is 1. The van der Waals surface area contributed by atoms with Crippen LogP contribution in [0.1, 0.15) is 28.9 Å². The first-order valence-electron chi connectivity index (χ1n) is 8.67. The molecule has 4 N–H and O–H groups in total. The number of hydrogen-bond acceptors (Lipinski definition) is 7. The molecule has 3 rings (SSSR count). The molecule has 1 aliphatic rings. The predicted octanol–water partition coefficient (Wildman–Crippen LogP) is 1.96. The van der Waals surface area contributed by atoms with Gasteiger partial charge >= 0.3 is 0 Å². The van der Waals surface area contributed by atoms with Crippen LogP contribution in [0, 0.1) is 11.6 Å². The number of benzene rings is 1. The number of hydrogen-bond donors (Lipinski definition) is 4. The molecule has 0 unspecified atom stereocenters. The van der Waals surface area contributed by atoms with Gasteiger partial charge in [0.25, 0.3) is 11.5 Å². The van der Waals surface area contributed by atoms with E-state index in [1.165, 1.54) is 7.05 Å². The lowest BCUT2D eigenvalue weighted by Crippen LogP contribution is -2.39. The van der Waals surface area contributed by atoms with Crippen molar-refractivity contribution in [3.8, 4) is 5.75 Å². The van der Waals surface area contributed by atoms with Crippen LogP contribution in [-0.4, -0.2) is 42.0 Å². The summed E-state index contributed by atoms with van der Waals surface area (Å²) >= 11 is 0. The van der Waals surface area contributed by atoms with Gasteiger partial charge in [0.15, 0.2) is 5.69 Å². The van der Waals surface area contributed by atoms with E-state index in [-0.39, 0.29) is 30.4 Å². The van der Waals surface area contributed by atoms with Crippen LogP contribution in [0.3, 0.4) is 0 Å². The minimum absolute atomic E-state index is 0.0937. The van der Waals surface area contributed by atoms with Crippen molar-refractivity contribution in [1.29, 1.82) is 0 Å². The van der Waals surface area contributed by atoms with E-state index in [2.05, 4.69) is 10.3 Å². The molecule has 29 heavy (non-hydrogen) atoms. The molecule has 1 amide bonds. The molecule has 0 bridgehead atoms. The molecule has 1 aromatic heterocycles. The standard InChI is InChI=1S/C17H20F2N4O5S/c1-22-16(26)14(24)13(21-17(22)23-4-2-3-5-29(23,27)28)15(25)20-9-10-6-11(18)8-12(19)7-10/h6-8,24,27-28H,2-5,9H2,1H3,(H,20,25). The highest BCUT2D eigenvalue weighted by molar-refractivity contribution is 8.25. The van der Waals surface area contributed by atoms with Gasteiger partial charge < -0.3 is 10.4 Å². The second-order valence-corrected chi connectivity index (χ2v) is 8.69. The van der Waals surface area contributed by atoms with Crippen molar-refractivity contribution < 1.29 is 27.8 Å². The SMILES string of the molecule is Cn1c(N2CCCCS2(O)O)nc(C(=O)NCc2cc(F)cc(F)c2)c(O)c1=O. The zero-order chi connectivity index (χ0) is 21.3. The smallest absolute Gasteiger partial charge is 0.297 e. The molecule has 1 aliphatic heterocycles. The third kappa shape index (κ3) is 4.33. The van der Waals surface area contributed by atoms with Gasteiger partial charge in [-0.05, 0) is 30.5 Å². The molecular formula is C17H20F2N4O5S. The molecule has 0 saturated carbocycles. The number of halogens is 2. The van der Waals surface area contributed by atoms with Crippen LogP contribution < -0.4 is 15.2 Å². The molecule has 158 valence electrons. The molecule has 0 aliphatic carbocycles. The van der Waals surface area contributed by atoms with Gasteiger partial charge in [0, 0.05) is 26.2 Å². The molecule has 1 aromatic carbocycles. The summed E-state index contributed by atoms with van der Waals surface area (Å²) in [6.45, 7) is -0.0743. The fraction of sp³-hybridized carbons (Fsp3) is 0.353. The molecule has 0 atom stereocenters. The summed E-state index contributed by atoms with van der Waals surface area (Å²) < 4.78 is 49.2. The fourth-order valence-electron chi connectivity index (χ4n) is 2.98. The monoisotopic (exact) mass is 430 g/mol.